The first-order valence-corrected chi connectivity index (χ1v) is 8.90. The Hall–Kier alpha value is -1.59. The van der Waals surface area contributed by atoms with E-state index in [9.17, 15) is 4.79 Å². The van der Waals surface area contributed by atoms with E-state index in [4.69, 9.17) is 9.72 Å². The van der Waals surface area contributed by atoms with Crippen molar-refractivity contribution in [2.24, 2.45) is 0 Å². The predicted octanol–water partition coefficient (Wildman–Crippen LogP) is 3.11. The summed E-state index contributed by atoms with van der Waals surface area (Å²) < 4.78 is 5.29. The first kappa shape index (κ1) is 16.3. The summed E-state index contributed by atoms with van der Waals surface area (Å²) in [5.41, 5.74) is 4.65. The number of hydrogen-bond acceptors (Lipinski definition) is 4. The van der Waals surface area contributed by atoms with Crippen LogP contribution in [0.3, 0.4) is 0 Å². The van der Waals surface area contributed by atoms with Gasteiger partial charge in [-0.05, 0) is 55.7 Å². The van der Waals surface area contributed by atoms with Crippen LogP contribution in [0.2, 0.25) is 0 Å². The van der Waals surface area contributed by atoms with Crippen LogP contribution < -0.4 is 0 Å². The quantitative estimate of drug-likeness (QED) is 0.811. The monoisotopic (exact) mass is 330 g/mol. The molecule has 1 aromatic heterocycles. The average Bonchev–Trinajstić information content (AvgIpc) is 2.55. The second-order valence-electron chi connectivity index (χ2n) is 6.02. The number of pyridine rings is 1. The van der Waals surface area contributed by atoms with Crippen LogP contribution in [0, 0.1) is 20.8 Å². The molecule has 2 aromatic rings. The zero-order valence-corrected chi connectivity index (χ0v) is 14.7. The number of hydrogen-bond donors (Lipinski definition) is 0. The second-order valence-corrected chi connectivity index (χ2v) is 6.99. The zero-order chi connectivity index (χ0) is 16.4. The SMILES string of the molecule is Cc1cc2cc(C)c(SCC(=O)N3CCOCC3)nc2cc1C. The molecule has 1 fully saturated rings. The molecule has 0 N–H and O–H groups in total. The summed E-state index contributed by atoms with van der Waals surface area (Å²) >= 11 is 1.53. The fourth-order valence-electron chi connectivity index (χ4n) is 2.71. The molecule has 4 nitrogen and oxygen atoms in total. The third kappa shape index (κ3) is 3.67. The molecule has 0 saturated carbocycles. The smallest absolute Gasteiger partial charge is 0.233 e. The van der Waals surface area contributed by atoms with E-state index in [0.29, 0.717) is 32.1 Å². The van der Waals surface area contributed by atoms with E-state index in [1.807, 2.05) is 4.90 Å². The van der Waals surface area contributed by atoms with Gasteiger partial charge in [-0.1, -0.05) is 11.8 Å². The van der Waals surface area contributed by atoms with Crippen LogP contribution in [0.15, 0.2) is 23.2 Å². The highest BCUT2D eigenvalue weighted by molar-refractivity contribution is 7.99. The van der Waals surface area contributed by atoms with Crippen molar-refractivity contribution in [1.29, 1.82) is 0 Å². The maximum atomic E-state index is 12.3. The standard InChI is InChI=1S/C18H22N2O2S/c1-12-8-15-9-14(3)18(19-16(15)10-13(12)2)23-11-17(21)20-4-6-22-7-5-20/h8-10H,4-7,11H2,1-3H3. The van der Waals surface area contributed by atoms with Crippen molar-refractivity contribution < 1.29 is 9.53 Å². The van der Waals surface area contributed by atoms with Crippen molar-refractivity contribution in [1.82, 2.24) is 9.88 Å². The van der Waals surface area contributed by atoms with Crippen molar-refractivity contribution in [3.05, 3.63) is 34.9 Å². The van der Waals surface area contributed by atoms with E-state index >= 15 is 0 Å². The average molecular weight is 330 g/mol. The lowest BCUT2D eigenvalue weighted by atomic mass is 10.1. The molecule has 0 bridgehead atoms. The van der Waals surface area contributed by atoms with Crippen molar-refractivity contribution in [2.75, 3.05) is 32.1 Å². The van der Waals surface area contributed by atoms with Crippen LogP contribution >= 0.6 is 11.8 Å². The molecule has 1 amide bonds. The van der Waals surface area contributed by atoms with Gasteiger partial charge in [0, 0.05) is 18.5 Å². The third-order valence-electron chi connectivity index (χ3n) is 4.27. The van der Waals surface area contributed by atoms with Crippen molar-refractivity contribution in [3.63, 3.8) is 0 Å². The third-order valence-corrected chi connectivity index (χ3v) is 5.35. The van der Waals surface area contributed by atoms with Crippen molar-refractivity contribution in [2.45, 2.75) is 25.8 Å². The molecule has 0 unspecified atom stereocenters. The Morgan fingerprint density at radius 2 is 1.78 bits per heavy atom. The number of aromatic nitrogens is 1. The van der Waals surface area contributed by atoms with Gasteiger partial charge >= 0.3 is 0 Å². The lowest BCUT2D eigenvalue weighted by Crippen LogP contribution is -2.41. The minimum atomic E-state index is 0.166. The van der Waals surface area contributed by atoms with E-state index in [2.05, 4.69) is 39.0 Å². The summed E-state index contributed by atoms with van der Waals surface area (Å²) in [6.07, 6.45) is 0. The van der Waals surface area contributed by atoms with Gasteiger partial charge in [0.2, 0.25) is 5.91 Å². The van der Waals surface area contributed by atoms with E-state index in [1.54, 1.807) is 0 Å². The summed E-state index contributed by atoms with van der Waals surface area (Å²) in [4.78, 5) is 18.9. The van der Waals surface area contributed by atoms with Gasteiger partial charge in [-0.2, -0.15) is 0 Å². The highest BCUT2D eigenvalue weighted by Crippen LogP contribution is 2.26. The molecule has 122 valence electrons. The van der Waals surface area contributed by atoms with Gasteiger partial charge < -0.3 is 9.64 Å². The molecule has 3 rings (SSSR count). The molecule has 2 heterocycles. The van der Waals surface area contributed by atoms with Crippen LogP contribution in [-0.2, 0) is 9.53 Å². The Morgan fingerprint density at radius 1 is 1.13 bits per heavy atom. The molecule has 1 aliphatic heterocycles. The Morgan fingerprint density at radius 3 is 2.52 bits per heavy atom. The number of aryl methyl sites for hydroxylation is 3. The van der Waals surface area contributed by atoms with Crippen molar-refractivity contribution in [3.8, 4) is 0 Å². The largest absolute Gasteiger partial charge is 0.378 e. The molecule has 1 saturated heterocycles. The molecule has 1 aromatic carbocycles. The first-order chi connectivity index (χ1) is 11.0. The van der Waals surface area contributed by atoms with E-state index in [0.717, 1.165) is 21.5 Å². The van der Waals surface area contributed by atoms with Crippen LogP contribution in [-0.4, -0.2) is 47.8 Å². The fourth-order valence-corrected chi connectivity index (χ4v) is 3.60. The van der Waals surface area contributed by atoms with Crippen LogP contribution in [0.5, 0.6) is 0 Å². The van der Waals surface area contributed by atoms with Gasteiger partial charge in [0.1, 0.15) is 5.03 Å². The number of thioether (sulfide) groups is 1. The molecule has 23 heavy (non-hydrogen) atoms. The van der Waals surface area contributed by atoms with Gasteiger partial charge in [-0.25, -0.2) is 4.98 Å². The lowest BCUT2D eigenvalue weighted by Gasteiger charge is -2.26. The fraction of sp³-hybridized carbons (Fsp3) is 0.444. The number of ether oxygens (including phenoxy) is 1. The first-order valence-electron chi connectivity index (χ1n) is 7.91. The molecule has 0 radical (unpaired) electrons. The topological polar surface area (TPSA) is 42.4 Å². The van der Waals surface area contributed by atoms with Gasteiger partial charge in [0.05, 0.1) is 24.5 Å². The Balaban J connectivity index is 1.75. The lowest BCUT2D eigenvalue weighted by molar-refractivity contribution is -0.132. The van der Waals surface area contributed by atoms with E-state index < -0.39 is 0 Å². The summed E-state index contributed by atoms with van der Waals surface area (Å²) in [6, 6.07) is 6.46. The summed E-state index contributed by atoms with van der Waals surface area (Å²) in [5, 5.41) is 2.11. The van der Waals surface area contributed by atoms with Gasteiger partial charge in [-0.15, -0.1) is 0 Å². The Bertz CT molecular complexity index is 739. The minimum Gasteiger partial charge on any atom is -0.378 e. The Labute approximate surface area is 141 Å². The van der Waals surface area contributed by atoms with Crippen LogP contribution in [0.1, 0.15) is 16.7 Å². The number of carbonyl (C=O) groups is 1. The molecule has 1 aliphatic rings. The summed E-state index contributed by atoms with van der Waals surface area (Å²) in [5.74, 6) is 0.601. The highest BCUT2D eigenvalue weighted by atomic mass is 32.2. The number of rotatable bonds is 3. The van der Waals surface area contributed by atoms with Crippen molar-refractivity contribution >= 4 is 28.6 Å². The van der Waals surface area contributed by atoms with E-state index in [-0.39, 0.29) is 5.91 Å². The predicted molar refractivity (Wildman–Crippen MR) is 94.1 cm³/mol. The maximum Gasteiger partial charge on any atom is 0.233 e. The van der Waals surface area contributed by atoms with Crippen LogP contribution in [0.25, 0.3) is 10.9 Å². The molecular weight excluding hydrogens is 308 g/mol. The molecular formula is C18H22N2O2S. The van der Waals surface area contributed by atoms with Gasteiger partial charge in [0.15, 0.2) is 0 Å². The van der Waals surface area contributed by atoms with E-state index in [1.165, 1.54) is 22.9 Å². The zero-order valence-electron chi connectivity index (χ0n) is 13.9. The summed E-state index contributed by atoms with van der Waals surface area (Å²) in [7, 11) is 0. The van der Waals surface area contributed by atoms with Gasteiger partial charge in [-0.3, -0.25) is 4.79 Å². The molecule has 5 heteroatoms. The van der Waals surface area contributed by atoms with Gasteiger partial charge in [0.25, 0.3) is 0 Å². The molecule has 0 aliphatic carbocycles. The number of benzene rings is 1. The number of morpholine rings is 1. The Kier molecular flexibility index (Phi) is 4.87. The highest BCUT2D eigenvalue weighted by Gasteiger charge is 2.17. The van der Waals surface area contributed by atoms with Crippen LogP contribution in [0.4, 0.5) is 0 Å². The molecule has 0 atom stereocenters. The summed E-state index contributed by atoms with van der Waals surface area (Å²) in [6.45, 7) is 8.95. The number of nitrogens with zero attached hydrogens (tertiary/aromatic N) is 2. The number of fused-ring (bicyclic) bond motifs is 1. The maximum absolute atomic E-state index is 12.3. The molecule has 0 spiro atoms. The number of amides is 1. The number of carbonyl (C=O) groups excluding carboxylic acids is 1. The second kappa shape index (κ2) is 6.89. The minimum absolute atomic E-state index is 0.166. The normalized spacial score (nSPS) is 15.2.